The van der Waals surface area contributed by atoms with Gasteiger partial charge >= 0.3 is 6.03 Å². The highest BCUT2D eigenvalue weighted by molar-refractivity contribution is 5.96. The van der Waals surface area contributed by atoms with Gasteiger partial charge in [-0.3, -0.25) is 4.79 Å². The van der Waals surface area contributed by atoms with Crippen molar-refractivity contribution in [1.82, 2.24) is 5.32 Å². The fourth-order valence-corrected chi connectivity index (χ4v) is 3.65. The quantitative estimate of drug-likeness (QED) is 0.593. The van der Waals surface area contributed by atoms with Crippen LogP contribution in [0.2, 0.25) is 0 Å². The van der Waals surface area contributed by atoms with E-state index in [0.717, 1.165) is 24.8 Å². The first-order valence-electron chi connectivity index (χ1n) is 9.75. The maximum absolute atomic E-state index is 12.8. The molecular weight excluding hydrogens is 366 g/mol. The van der Waals surface area contributed by atoms with E-state index in [1.807, 2.05) is 18.2 Å². The molecular formula is C23H23N3O3. The van der Waals surface area contributed by atoms with E-state index in [1.54, 1.807) is 42.7 Å². The summed E-state index contributed by atoms with van der Waals surface area (Å²) in [6.45, 7) is 0.315. The Morgan fingerprint density at radius 2 is 1.69 bits per heavy atom. The summed E-state index contributed by atoms with van der Waals surface area (Å²) in [6, 6.07) is 18.5. The van der Waals surface area contributed by atoms with E-state index in [0.29, 0.717) is 23.7 Å². The molecule has 3 N–H and O–H groups in total. The summed E-state index contributed by atoms with van der Waals surface area (Å²) in [4.78, 5) is 24.8. The normalized spacial score (nSPS) is 15.2. The Kier molecular flexibility index (Phi) is 5.61. The molecule has 3 amide bonds. The smallest absolute Gasteiger partial charge is 0.319 e. The van der Waals surface area contributed by atoms with Crippen molar-refractivity contribution in [3.63, 3.8) is 0 Å². The molecule has 1 aliphatic carbocycles. The van der Waals surface area contributed by atoms with Crippen LogP contribution in [0, 0.1) is 0 Å². The first kappa shape index (κ1) is 18.8. The number of benzene rings is 2. The molecule has 0 saturated carbocycles. The summed E-state index contributed by atoms with van der Waals surface area (Å²) in [7, 11) is 0. The summed E-state index contributed by atoms with van der Waals surface area (Å²) in [5, 5.41) is 8.47. The number of furan rings is 1. The fourth-order valence-electron chi connectivity index (χ4n) is 3.65. The van der Waals surface area contributed by atoms with E-state index in [4.69, 9.17) is 4.42 Å². The number of hydrogen-bond acceptors (Lipinski definition) is 3. The number of amides is 3. The monoisotopic (exact) mass is 389 g/mol. The van der Waals surface area contributed by atoms with Crippen molar-refractivity contribution in [3.05, 3.63) is 83.8 Å². The summed E-state index contributed by atoms with van der Waals surface area (Å²) >= 11 is 0. The molecule has 1 aromatic heterocycles. The average molecular weight is 389 g/mol. The predicted octanol–water partition coefficient (Wildman–Crippen LogP) is 4.66. The highest BCUT2D eigenvalue weighted by Gasteiger charge is 2.26. The fraction of sp³-hybridized carbons (Fsp3) is 0.217. The van der Waals surface area contributed by atoms with Gasteiger partial charge < -0.3 is 20.4 Å². The largest absolute Gasteiger partial charge is 0.467 e. The van der Waals surface area contributed by atoms with Gasteiger partial charge in [0.05, 0.1) is 18.7 Å². The second-order valence-corrected chi connectivity index (χ2v) is 7.10. The number of anilines is 2. The minimum absolute atomic E-state index is 0.00838. The molecule has 29 heavy (non-hydrogen) atoms. The Bertz CT molecular complexity index is 981. The SMILES string of the molecule is O=C(NCc1ccco1)Nc1ccc(NC(=O)C2CCCc3ccccc32)cc1. The van der Waals surface area contributed by atoms with Crippen LogP contribution in [-0.2, 0) is 17.8 Å². The lowest BCUT2D eigenvalue weighted by molar-refractivity contribution is -0.117. The third kappa shape index (κ3) is 4.66. The van der Waals surface area contributed by atoms with Crippen LogP contribution < -0.4 is 16.0 Å². The lowest BCUT2D eigenvalue weighted by atomic mass is 9.82. The van der Waals surface area contributed by atoms with Crippen LogP contribution >= 0.6 is 0 Å². The number of carbonyl (C=O) groups is 2. The highest BCUT2D eigenvalue weighted by atomic mass is 16.3. The van der Waals surface area contributed by atoms with Crippen molar-refractivity contribution >= 4 is 23.3 Å². The van der Waals surface area contributed by atoms with E-state index in [2.05, 4.69) is 22.0 Å². The molecule has 1 aliphatic rings. The predicted molar refractivity (Wildman–Crippen MR) is 112 cm³/mol. The Hall–Kier alpha value is -3.54. The molecule has 0 fully saturated rings. The minimum atomic E-state index is -0.322. The van der Waals surface area contributed by atoms with Gasteiger partial charge in [-0.2, -0.15) is 0 Å². The molecule has 0 spiro atoms. The molecule has 1 heterocycles. The van der Waals surface area contributed by atoms with E-state index in [-0.39, 0.29) is 17.9 Å². The standard InChI is InChI=1S/C23H23N3O3/c27-22(21-9-3-6-16-5-1-2-8-20(16)21)25-17-10-12-18(13-11-17)26-23(28)24-15-19-7-4-14-29-19/h1-2,4-5,7-8,10-14,21H,3,6,9,15H2,(H,25,27)(H2,24,26,28). The van der Waals surface area contributed by atoms with E-state index in [1.165, 1.54) is 5.56 Å². The highest BCUT2D eigenvalue weighted by Crippen LogP contribution is 2.32. The summed E-state index contributed by atoms with van der Waals surface area (Å²) in [5.41, 5.74) is 3.74. The first-order chi connectivity index (χ1) is 14.2. The number of fused-ring (bicyclic) bond motifs is 1. The van der Waals surface area contributed by atoms with Crippen LogP contribution in [0.5, 0.6) is 0 Å². The molecule has 1 unspecified atom stereocenters. The van der Waals surface area contributed by atoms with Crippen molar-refractivity contribution in [1.29, 1.82) is 0 Å². The van der Waals surface area contributed by atoms with Crippen LogP contribution in [0.4, 0.5) is 16.2 Å². The Labute approximate surface area is 169 Å². The molecule has 1 atom stereocenters. The summed E-state index contributed by atoms with van der Waals surface area (Å²) in [6.07, 6.45) is 4.47. The first-order valence-corrected chi connectivity index (χ1v) is 9.75. The number of urea groups is 1. The van der Waals surface area contributed by atoms with E-state index in [9.17, 15) is 9.59 Å². The Balaban J connectivity index is 1.32. The zero-order valence-corrected chi connectivity index (χ0v) is 16.0. The topological polar surface area (TPSA) is 83.4 Å². The van der Waals surface area contributed by atoms with E-state index < -0.39 is 0 Å². The Morgan fingerprint density at radius 3 is 2.45 bits per heavy atom. The number of nitrogens with one attached hydrogen (secondary N) is 3. The lowest BCUT2D eigenvalue weighted by Gasteiger charge is -2.24. The van der Waals surface area contributed by atoms with Crippen molar-refractivity contribution in [2.24, 2.45) is 0 Å². The second kappa shape index (κ2) is 8.65. The molecule has 6 heteroatoms. The van der Waals surface area contributed by atoms with Gasteiger partial charge in [0.15, 0.2) is 0 Å². The molecule has 4 rings (SSSR count). The van der Waals surface area contributed by atoms with Crippen LogP contribution in [-0.4, -0.2) is 11.9 Å². The average Bonchev–Trinajstić information content (AvgIpc) is 3.27. The van der Waals surface area contributed by atoms with Gasteiger partial charge in [0.2, 0.25) is 5.91 Å². The zero-order valence-electron chi connectivity index (χ0n) is 16.0. The van der Waals surface area contributed by atoms with Gasteiger partial charge in [-0.15, -0.1) is 0 Å². The minimum Gasteiger partial charge on any atom is -0.467 e. The lowest BCUT2D eigenvalue weighted by Crippen LogP contribution is -2.28. The second-order valence-electron chi connectivity index (χ2n) is 7.10. The van der Waals surface area contributed by atoms with Crippen molar-refractivity contribution in [3.8, 4) is 0 Å². The number of carbonyl (C=O) groups excluding carboxylic acids is 2. The molecule has 3 aromatic rings. The molecule has 0 saturated heterocycles. The number of hydrogen-bond donors (Lipinski definition) is 3. The molecule has 148 valence electrons. The Morgan fingerprint density at radius 1 is 0.931 bits per heavy atom. The van der Waals surface area contributed by atoms with Gasteiger partial charge in [-0.25, -0.2) is 4.79 Å². The van der Waals surface area contributed by atoms with Crippen LogP contribution in [0.25, 0.3) is 0 Å². The molecule has 0 radical (unpaired) electrons. The van der Waals surface area contributed by atoms with Crippen LogP contribution in [0.3, 0.4) is 0 Å². The van der Waals surface area contributed by atoms with Gasteiger partial charge in [-0.1, -0.05) is 24.3 Å². The van der Waals surface area contributed by atoms with Crippen molar-refractivity contribution in [2.45, 2.75) is 31.7 Å². The maximum atomic E-state index is 12.8. The third-order valence-electron chi connectivity index (χ3n) is 5.10. The van der Waals surface area contributed by atoms with Crippen molar-refractivity contribution < 1.29 is 14.0 Å². The van der Waals surface area contributed by atoms with Crippen LogP contribution in [0.1, 0.15) is 35.6 Å². The molecule has 0 bridgehead atoms. The van der Waals surface area contributed by atoms with E-state index >= 15 is 0 Å². The van der Waals surface area contributed by atoms with Gasteiger partial charge in [-0.05, 0) is 66.8 Å². The number of rotatable bonds is 5. The van der Waals surface area contributed by atoms with Crippen LogP contribution in [0.15, 0.2) is 71.3 Å². The molecule has 2 aromatic carbocycles. The zero-order chi connectivity index (χ0) is 20.1. The summed E-state index contributed by atoms with van der Waals surface area (Å²) < 4.78 is 5.18. The molecule has 6 nitrogen and oxygen atoms in total. The van der Waals surface area contributed by atoms with Crippen molar-refractivity contribution in [2.75, 3.05) is 10.6 Å². The third-order valence-corrected chi connectivity index (χ3v) is 5.10. The van der Waals surface area contributed by atoms with Gasteiger partial charge in [0, 0.05) is 11.4 Å². The molecule has 0 aliphatic heterocycles. The van der Waals surface area contributed by atoms with Gasteiger partial charge in [0.1, 0.15) is 5.76 Å². The summed E-state index contributed by atoms with van der Waals surface area (Å²) in [5.74, 6) is 0.571. The maximum Gasteiger partial charge on any atom is 0.319 e. The van der Waals surface area contributed by atoms with Gasteiger partial charge in [0.25, 0.3) is 0 Å². The number of aryl methyl sites for hydroxylation is 1.